The molecule has 1 aliphatic rings. The Balaban J connectivity index is 2.25. The van der Waals surface area contributed by atoms with Crippen molar-refractivity contribution < 1.29 is 14.9 Å². The van der Waals surface area contributed by atoms with Crippen LogP contribution in [0, 0.1) is 11.8 Å². The Bertz CT molecular complexity index is 522. The minimum atomic E-state index is -0.343. The zero-order chi connectivity index (χ0) is 22.0. The van der Waals surface area contributed by atoms with Crippen LogP contribution in [0.3, 0.4) is 0 Å². The van der Waals surface area contributed by atoms with E-state index in [0.29, 0.717) is 11.8 Å². The second-order valence-electron chi connectivity index (χ2n) is 10.0. The van der Waals surface area contributed by atoms with E-state index in [1.165, 1.54) is 11.1 Å². The number of aliphatic hydroxyl groups excluding tert-OH is 2. The van der Waals surface area contributed by atoms with Gasteiger partial charge in [-0.3, -0.25) is 5.32 Å². The fourth-order valence-electron chi connectivity index (χ4n) is 4.12. The van der Waals surface area contributed by atoms with Crippen molar-refractivity contribution in [1.82, 2.24) is 5.32 Å². The zero-order valence-corrected chi connectivity index (χ0v) is 20.0. The summed E-state index contributed by atoms with van der Waals surface area (Å²) in [6, 6.07) is 0.0406. The highest BCUT2D eigenvalue weighted by Gasteiger charge is 2.39. The van der Waals surface area contributed by atoms with Crippen LogP contribution in [0.1, 0.15) is 93.4 Å². The lowest BCUT2D eigenvalue weighted by molar-refractivity contribution is -0.0344. The predicted octanol–water partition coefficient (Wildman–Crippen LogP) is 5.35. The number of rotatable bonds is 13. The Kier molecular flexibility index (Phi) is 11.7. The molecule has 1 saturated heterocycles. The summed E-state index contributed by atoms with van der Waals surface area (Å²) in [4.78, 5) is 0. The number of nitrogens with one attached hydrogen (secondary N) is 1. The molecule has 0 amide bonds. The van der Waals surface area contributed by atoms with E-state index in [2.05, 4.69) is 52.1 Å². The molecule has 0 aromatic heterocycles. The Morgan fingerprint density at radius 3 is 2.45 bits per heavy atom. The molecule has 0 unspecified atom stereocenters. The van der Waals surface area contributed by atoms with Gasteiger partial charge < -0.3 is 14.9 Å². The van der Waals surface area contributed by atoms with Crippen LogP contribution in [0.15, 0.2) is 23.3 Å². The van der Waals surface area contributed by atoms with E-state index < -0.39 is 0 Å². The number of hydrogen-bond donors (Lipinski definition) is 3. The lowest BCUT2D eigenvalue weighted by Crippen LogP contribution is -2.41. The number of ether oxygens (including phenoxy) is 1. The van der Waals surface area contributed by atoms with Crippen LogP contribution in [0.5, 0.6) is 0 Å². The van der Waals surface area contributed by atoms with Crippen molar-refractivity contribution in [3.05, 3.63) is 23.3 Å². The van der Waals surface area contributed by atoms with Gasteiger partial charge in [-0.15, -0.1) is 0 Å². The maximum Gasteiger partial charge on any atom is 0.114 e. The van der Waals surface area contributed by atoms with E-state index in [9.17, 15) is 10.2 Å². The maximum absolute atomic E-state index is 10.2. The van der Waals surface area contributed by atoms with Crippen molar-refractivity contribution in [3.63, 3.8) is 0 Å². The van der Waals surface area contributed by atoms with Gasteiger partial charge in [0.15, 0.2) is 0 Å². The van der Waals surface area contributed by atoms with Crippen LogP contribution in [0.2, 0.25) is 0 Å². The molecule has 1 heterocycles. The third kappa shape index (κ3) is 10.8. The monoisotopic (exact) mass is 409 g/mol. The lowest BCUT2D eigenvalue weighted by atomic mass is 9.93. The molecule has 0 spiro atoms. The Labute approximate surface area is 179 Å². The molecule has 0 aromatic carbocycles. The summed E-state index contributed by atoms with van der Waals surface area (Å²) in [6.07, 6.45) is 11.7. The topological polar surface area (TPSA) is 61.7 Å². The molecule has 0 bridgehead atoms. The van der Waals surface area contributed by atoms with Crippen LogP contribution in [0.4, 0.5) is 0 Å². The molecule has 5 atom stereocenters. The van der Waals surface area contributed by atoms with E-state index in [0.717, 1.165) is 44.9 Å². The summed E-state index contributed by atoms with van der Waals surface area (Å²) in [5, 5.41) is 23.2. The summed E-state index contributed by atoms with van der Waals surface area (Å²) < 4.78 is 6.06. The SMILES string of the molecule is CC(C)=CC[C@@H](O)[C@@H](C)CCC/C(C)=C/CC[C@@H](C)C[C@H]1OC(C)(C)N[C@@H]1CO. The van der Waals surface area contributed by atoms with Gasteiger partial charge in [-0.1, -0.05) is 37.1 Å². The van der Waals surface area contributed by atoms with Crippen molar-refractivity contribution in [3.8, 4) is 0 Å². The van der Waals surface area contributed by atoms with Crippen LogP contribution in [-0.4, -0.2) is 40.8 Å². The van der Waals surface area contributed by atoms with Gasteiger partial charge in [0.2, 0.25) is 0 Å². The fourth-order valence-corrected chi connectivity index (χ4v) is 4.12. The van der Waals surface area contributed by atoms with Gasteiger partial charge in [0.25, 0.3) is 0 Å². The average Bonchev–Trinajstić information content (AvgIpc) is 2.92. The summed E-state index contributed by atoms with van der Waals surface area (Å²) in [6.45, 7) is 15.0. The van der Waals surface area contributed by atoms with Gasteiger partial charge in [-0.05, 0) is 91.4 Å². The van der Waals surface area contributed by atoms with Crippen molar-refractivity contribution in [2.24, 2.45) is 11.8 Å². The molecule has 0 aromatic rings. The first-order chi connectivity index (χ1) is 13.5. The fraction of sp³-hybridized carbons (Fsp3) is 0.840. The first kappa shape index (κ1) is 26.4. The molecule has 1 aliphatic heterocycles. The van der Waals surface area contributed by atoms with E-state index in [1.54, 1.807) is 0 Å². The van der Waals surface area contributed by atoms with E-state index in [1.807, 2.05) is 13.8 Å². The molecule has 4 heteroatoms. The van der Waals surface area contributed by atoms with Gasteiger partial charge in [0.05, 0.1) is 24.9 Å². The molecule has 1 fully saturated rings. The molecule has 0 radical (unpaired) electrons. The molecule has 29 heavy (non-hydrogen) atoms. The van der Waals surface area contributed by atoms with Gasteiger partial charge in [0.1, 0.15) is 5.72 Å². The second-order valence-corrected chi connectivity index (χ2v) is 10.0. The highest BCUT2D eigenvalue weighted by atomic mass is 16.5. The van der Waals surface area contributed by atoms with Crippen molar-refractivity contribution in [2.75, 3.05) is 6.61 Å². The van der Waals surface area contributed by atoms with E-state index >= 15 is 0 Å². The minimum Gasteiger partial charge on any atom is -0.395 e. The largest absolute Gasteiger partial charge is 0.395 e. The van der Waals surface area contributed by atoms with Crippen LogP contribution < -0.4 is 5.32 Å². The summed E-state index contributed by atoms with van der Waals surface area (Å²) in [5.74, 6) is 0.918. The van der Waals surface area contributed by atoms with Crippen molar-refractivity contribution in [2.45, 2.75) is 117 Å². The van der Waals surface area contributed by atoms with Crippen LogP contribution in [-0.2, 0) is 4.74 Å². The normalized spacial score (nSPS) is 24.9. The number of aliphatic hydroxyl groups is 2. The number of allylic oxidation sites excluding steroid dienone is 3. The van der Waals surface area contributed by atoms with Crippen LogP contribution >= 0.6 is 0 Å². The Hall–Kier alpha value is -0.680. The van der Waals surface area contributed by atoms with E-state index in [4.69, 9.17) is 4.74 Å². The molecule has 1 rings (SSSR count). The summed E-state index contributed by atoms with van der Waals surface area (Å²) in [7, 11) is 0. The first-order valence-corrected chi connectivity index (χ1v) is 11.6. The standard InChI is InChI=1S/C25H47NO3/c1-18(2)14-15-23(28)21(5)13-9-11-19(3)10-8-12-20(4)16-24-22(17-27)26-25(6,7)29-24/h10,14,20-24,26-28H,8-9,11-13,15-17H2,1-7H3/b19-10+/t20-,21+,22-,23-,24-/m1/s1. The average molecular weight is 410 g/mol. The van der Waals surface area contributed by atoms with Gasteiger partial charge in [-0.25, -0.2) is 0 Å². The molecule has 4 nitrogen and oxygen atoms in total. The van der Waals surface area contributed by atoms with Gasteiger partial charge >= 0.3 is 0 Å². The highest BCUT2D eigenvalue weighted by Crippen LogP contribution is 2.27. The molecule has 170 valence electrons. The van der Waals surface area contributed by atoms with Gasteiger partial charge in [-0.2, -0.15) is 0 Å². The predicted molar refractivity (Wildman–Crippen MR) is 123 cm³/mol. The molecular formula is C25H47NO3. The quantitative estimate of drug-likeness (QED) is 0.359. The minimum absolute atomic E-state index is 0.0406. The first-order valence-electron chi connectivity index (χ1n) is 11.6. The lowest BCUT2D eigenvalue weighted by Gasteiger charge is -2.21. The molecular weight excluding hydrogens is 362 g/mol. The van der Waals surface area contributed by atoms with Crippen molar-refractivity contribution in [1.29, 1.82) is 0 Å². The second kappa shape index (κ2) is 12.9. The molecule has 0 saturated carbocycles. The molecule has 3 N–H and O–H groups in total. The third-order valence-electron chi connectivity index (χ3n) is 6.07. The summed E-state index contributed by atoms with van der Waals surface area (Å²) in [5.41, 5.74) is 2.39. The van der Waals surface area contributed by atoms with E-state index in [-0.39, 0.29) is 30.6 Å². The number of hydrogen-bond acceptors (Lipinski definition) is 4. The van der Waals surface area contributed by atoms with Crippen molar-refractivity contribution >= 4 is 0 Å². The Morgan fingerprint density at radius 1 is 1.14 bits per heavy atom. The maximum atomic E-state index is 10.2. The van der Waals surface area contributed by atoms with Gasteiger partial charge in [0, 0.05) is 0 Å². The smallest absolute Gasteiger partial charge is 0.114 e. The zero-order valence-electron chi connectivity index (χ0n) is 20.0. The third-order valence-corrected chi connectivity index (χ3v) is 6.07. The molecule has 0 aliphatic carbocycles. The Morgan fingerprint density at radius 2 is 1.83 bits per heavy atom. The van der Waals surface area contributed by atoms with Crippen LogP contribution in [0.25, 0.3) is 0 Å². The summed E-state index contributed by atoms with van der Waals surface area (Å²) >= 11 is 0. The highest BCUT2D eigenvalue weighted by molar-refractivity contribution is 4.98.